The highest BCUT2D eigenvalue weighted by atomic mass is 14.9. The molecule has 0 amide bonds. The van der Waals surface area contributed by atoms with E-state index in [0.29, 0.717) is 17.3 Å². The maximum absolute atomic E-state index is 8.22. The molecule has 3 aliphatic rings. The second-order valence-corrected chi connectivity index (χ2v) is 13.1. The lowest BCUT2D eigenvalue weighted by Crippen LogP contribution is -2.19. The number of fused-ring (bicyclic) bond motifs is 4. The van der Waals surface area contributed by atoms with Crippen molar-refractivity contribution in [2.45, 2.75) is 32.1 Å². The van der Waals surface area contributed by atoms with Gasteiger partial charge >= 0.3 is 0 Å². The molecule has 3 nitrogen and oxygen atoms in total. The fourth-order valence-corrected chi connectivity index (χ4v) is 8.16. The fraction of sp³-hybridized carbons (Fsp3) is 0.128. The smallest absolute Gasteiger partial charge is 0.0786 e. The Morgan fingerprint density at radius 2 is 1.44 bits per heavy atom. The molecule has 0 aliphatic heterocycles. The van der Waals surface area contributed by atoms with Crippen LogP contribution in [0, 0.1) is 5.41 Å². The Balaban J connectivity index is 1.22. The Hall–Kier alpha value is -5.93. The molecule has 0 bridgehead atoms. The standard InChI is InChI=1S/C47H41N3/c1-2-50-42(30-48)41(49)23-12-9-14-31-24-26-32(27-25-31)35-28-29-40-45-36(35)21-13-22-39(45)46-43(33-15-5-3-6-16-33)37-19-10-11-20-38(37)44(47(40)46)34-17-7-4-8-18-34/h3-10,12-19,21,23-30,39,49-50H,2,11,20,22,48H2,1H3/b14-9+,23-12-,42-30-,49-41?. The summed E-state index contributed by atoms with van der Waals surface area (Å²) in [5, 5.41) is 11.3. The number of hydrogen-bond donors (Lipinski definition) is 3. The van der Waals surface area contributed by atoms with Crippen LogP contribution in [0.1, 0.15) is 59.1 Å². The van der Waals surface area contributed by atoms with Gasteiger partial charge in [-0.2, -0.15) is 0 Å². The maximum atomic E-state index is 8.22. The Morgan fingerprint density at radius 3 is 2.16 bits per heavy atom. The number of hydrogen-bond acceptors (Lipinski definition) is 3. The minimum Gasteiger partial charge on any atom is -0.403 e. The van der Waals surface area contributed by atoms with Crippen LogP contribution >= 0.6 is 0 Å². The SMILES string of the molecule is CCN/C(=C\N)C(=N)/C=C\C=C\c1ccc(-c2ccc3c4c2C=CCC4c2c(-c4ccccc4)c4c(c(-c5ccccc5)c2-3)CCC=C4)cc1. The van der Waals surface area contributed by atoms with Crippen molar-refractivity contribution in [2.24, 2.45) is 5.73 Å². The molecule has 0 fully saturated rings. The van der Waals surface area contributed by atoms with Gasteiger partial charge in [-0.25, -0.2) is 0 Å². The summed E-state index contributed by atoms with van der Waals surface area (Å²) in [7, 11) is 0. The minimum atomic E-state index is 0.299. The van der Waals surface area contributed by atoms with Gasteiger partial charge in [-0.3, -0.25) is 5.41 Å². The van der Waals surface area contributed by atoms with E-state index in [4.69, 9.17) is 11.1 Å². The van der Waals surface area contributed by atoms with Gasteiger partial charge in [0.05, 0.1) is 11.4 Å². The molecule has 0 spiro atoms. The normalized spacial score (nSPS) is 15.7. The van der Waals surface area contributed by atoms with Gasteiger partial charge < -0.3 is 11.1 Å². The van der Waals surface area contributed by atoms with E-state index >= 15 is 0 Å². The van der Waals surface area contributed by atoms with Crippen LogP contribution in [0.15, 0.2) is 139 Å². The van der Waals surface area contributed by atoms with E-state index in [1.165, 1.54) is 78.5 Å². The Kier molecular flexibility index (Phi) is 8.48. The first-order valence-corrected chi connectivity index (χ1v) is 17.7. The highest BCUT2D eigenvalue weighted by molar-refractivity contribution is 6.06. The molecule has 0 saturated heterocycles. The van der Waals surface area contributed by atoms with E-state index < -0.39 is 0 Å². The lowest BCUT2D eigenvalue weighted by atomic mass is 9.76. The van der Waals surface area contributed by atoms with Crippen LogP contribution in [0.3, 0.4) is 0 Å². The molecule has 3 aliphatic carbocycles. The molecular weight excluding hydrogens is 607 g/mol. The molecule has 5 aromatic carbocycles. The molecule has 0 saturated carbocycles. The molecule has 50 heavy (non-hydrogen) atoms. The molecule has 0 aromatic heterocycles. The Bertz CT molecular complexity index is 2250. The van der Waals surface area contributed by atoms with Crippen molar-refractivity contribution in [3.63, 3.8) is 0 Å². The van der Waals surface area contributed by atoms with Crippen LogP contribution in [0.2, 0.25) is 0 Å². The molecular formula is C47H41N3. The summed E-state index contributed by atoms with van der Waals surface area (Å²) >= 11 is 0. The van der Waals surface area contributed by atoms with Crippen LogP contribution in [-0.4, -0.2) is 12.3 Å². The topological polar surface area (TPSA) is 61.9 Å². The van der Waals surface area contributed by atoms with Crippen molar-refractivity contribution in [2.75, 3.05) is 6.54 Å². The fourth-order valence-electron chi connectivity index (χ4n) is 8.16. The average molecular weight is 648 g/mol. The summed E-state index contributed by atoms with van der Waals surface area (Å²) < 4.78 is 0. The van der Waals surface area contributed by atoms with Gasteiger partial charge in [0, 0.05) is 18.7 Å². The van der Waals surface area contributed by atoms with Crippen molar-refractivity contribution in [3.05, 3.63) is 173 Å². The van der Waals surface area contributed by atoms with Crippen LogP contribution in [0.4, 0.5) is 0 Å². The molecule has 3 heteroatoms. The van der Waals surface area contributed by atoms with Gasteiger partial charge in [-0.1, -0.05) is 140 Å². The number of nitrogens with one attached hydrogen (secondary N) is 2. The van der Waals surface area contributed by atoms with E-state index in [1.54, 1.807) is 6.08 Å². The number of nitrogens with two attached hydrogens (primary N) is 1. The quantitative estimate of drug-likeness (QED) is 0.110. The second-order valence-electron chi connectivity index (χ2n) is 13.1. The second kappa shape index (κ2) is 13.5. The van der Waals surface area contributed by atoms with Gasteiger partial charge in [0.1, 0.15) is 0 Å². The van der Waals surface area contributed by atoms with E-state index in [2.05, 4.69) is 133 Å². The maximum Gasteiger partial charge on any atom is 0.0786 e. The first-order valence-electron chi connectivity index (χ1n) is 17.7. The lowest BCUT2D eigenvalue weighted by molar-refractivity contribution is 0.844. The molecule has 5 aromatic rings. The predicted molar refractivity (Wildman–Crippen MR) is 213 cm³/mol. The average Bonchev–Trinajstić information content (AvgIpc) is 3.50. The van der Waals surface area contributed by atoms with Crippen molar-refractivity contribution in [1.29, 1.82) is 5.41 Å². The van der Waals surface area contributed by atoms with Crippen molar-refractivity contribution >= 4 is 23.9 Å². The summed E-state index contributed by atoms with van der Waals surface area (Å²) in [4.78, 5) is 0. The van der Waals surface area contributed by atoms with Crippen LogP contribution in [0.5, 0.6) is 0 Å². The van der Waals surface area contributed by atoms with Crippen molar-refractivity contribution < 1.29 is 0 Å². The number of rotatable bonds is 9. The zero-order valence-corrected chi connectivity index (χ0v) is 28.4. The molecule has 0 radical (unpaired) electrons. The van der Waals surface area contributed by atoms with Crippen molar-refractivity contribution in [3.8, 4) is 44.5 Å². The zero-order chi connectivity index (χ0) is 34.0. The first kappa shape index (κ1) is 31.3. The van der Waals surface area contributed by atoms with Gasteiger partial charge in [-0.15, -0.1) is 0 Å². The molecule has 1 atom stereocenters. The van der Waals surface area contributed by atoms with Gasteiger partial charge in [-0.05, 0) is 110 Å². The third-order valence-corrected chi connectivity index (χ3v) is 10.3. The molecule has 4 N–H and O–H groups in total. The van der Waals surface area contributed by atoms with E-state index in [0.717, 1.165) is 31.4 Å². The summed E-state index contributed by atoms with van der Waals surface area (Å²) in [6.07, 6.45) is 21.7. The first-order chi connectivity index (χ1) is 24.7. The van der Waals surface area contributed by atoms with E-state index in [1.807, 2.05) is 19.1 Å². The molecule has 0 heterocycles. The minimum absolute atomic E-state index is 0.299. The number of allylic oxidation sites excluding steroid dienone is 5. The molecule has 244 valence electrons. The Morgan fingerprint density at radius 1 is 0.740 bits per heavy atom. The van der Waals surface area contributed by atoms with Gasteiger partial charge in [0.15, 0.2) is 0 Å². The summed E-state index contributed by atoms with van der Waals surface area (Å²) in [6, 6.07) is 35.7. The largest absolute Gasteiger partial charge is 0.403 e. The molecule has 1 unspecified atom stereocenters. The summed E-state index contributed by atoms with van der Waals surface area (Å²) in [6.45, 7) is 2.71. The van der Waals surface area contributed by atoms with Gasteiger partial charge in [0.2, 0.25) is 0 Å². The third kappa shape index (κ3) is 5.45. The van der Waals surface area contributed by atoms with Crippen LogP contribution < -0.4 is 11.1 Å². The van der Waals surface area contributed by atoms with E-state index in [-0.39, 0.29) is 0 Å². The Labute approximate surface area is 295 Å². The van der Waals surface area contributed by atoms with Crippen LogP contribution in [-0.2, 0) is 6.42 Å². The highest BCUT2D eigenvalue weighted by Gasteiger charge is 2.39. The third-order valence-electron chi connectivity index (χ3n) is 10.3. The monoisotopic (exact) mass is 647 g/mol. The lowest BCUT2D eigenvalue weighted by Gasteiger charge is -2.27. The number of benzene rings is 5. The van der Waals surface area contributed by atoms with Crippen molar-refractivity contribution in [1.82, 2.24) is 5.32 Å². The zero-order valence-electron chi connectivity index (χ0n) is 28.4. The predicted octanol–water partition coefficient (Wildman–Crippen LogP) is 11.2. The van der Waals surface area contributed by atoms with E-state index in [9.17, 15) is 0 Å². The summed E-state index contributed by atoms with van der Waals surface area (Å²) in [5.41, 5.74) is 25.7. The highest BCUT2D eigenvalue weighted by Crippen LogP contribution is 2.59. The van der Waals surface area contributed by atoms with Crippen LogP contribution in [0.25, 0.3) is 62.7 Å². The summed E-state index contributed by atoms with van der Waals surface area (Å²) in [5.74, 6) is 0.299. The van der Waals surface area contributed by atoms with Gasteiger partial charge in [0.25, 0.3) is 0 Å². The molecule has 8 rings (SSSR count).